The third-order valence-electron chi connectivity index (χ3n) is 2.38. The van der Waals surface area contributed by atoms with E-state index in [1.807, 2.05) is 19.1 Å². The van der Waals surface area contributed by atoms with E-state index in [0.29, 0.717) is 12.5 Å². The third kappa shape index (κ3) is 5.04. The van der Waals surface area contributed by atoms with Crippen molar-refractivity contribution in [1.82, 2.24) is 4.98 Å². The number of nitrogens with two attached hydrogens (primary N) is 1. The quantitative estimate of drug-likeness (QED) is 0.763. The van der Waals surface area contributed by atoms with Crippen LogP contribution in [0.2, 0.25) is 0 Å². The predicted octanol–water partition coefficient (Wildman–Crippen LogP) is 2.27. The molecule has 0 spiro atoms. The molecule has 0 fully saturated rings. The summed E-state index contributed by atoms with van der Waals surface area (Å²) in [4.78, 5) is 4.26. The number of hydrogen-bond acceptors (Lipinski definition) is 4. The average Bonchev–Trinajstić information content (AvgIpc) is 2.27. The van der Waals surface area contributed by atoms with Crippen LogP contribution in [0.25, 0.3) is 0 Å². The number of pyridine rings is 1. The van der Waals surface area contributed by atoms with Crippen molar-refractivity contribution in [2.24, 2.45) is 11.7 Å². The van der Waals surface area contributed by atoms with Crippen molar-refractivity contribution >= 4 is 5.82 Å². The van der Waals surface area contributed by atoms with Gasteiger partial charge in [-0.1, -0.05) is 13.8 Å². The van der Waals surface area contributed by atoms with Crippen LogP contribution in [0, 0.1) is 5.92 Å². The molecule has 0 aliphatic heterocycles. The minimum absolute atomic E-state index is 0.145. The molecule has 1 unspecified atom stereocenters. The fraction of sp³-hybridized carbons (Fsp3) is 0.615. The smallest absolute Gasteiger partial charge is 0.168 e. The maximum atomic E-state index is 6.02. The van der Waals surface area contributed by atoms with Crippen LogP contribution in [-0.2, 0) is 0 Å². The van der Waals surface area contributed by atoms with Crippen LogP contribution >= 0.6 is 0 Å². The van der Waals surface area contributed by atoms with Gasteiger partial charge in [-0.05, 0) is 31.4 Å². The normalized spacial score (nSPS) is 12.5. The average molecular weight is 237 g/mol. The molecule has 1 rings (SSSR count). The second-order valence-electron chi connectivity index (χ2n) is 4.55. The summed E-state index contributed by atoms with van der Waals surface area (Å²) in [6.45, 7) is 7.66. The maximum Gasteiger partial charge on any atom is 0.168 e. The van der Waals surface area contributed by atoms with E-state index in [4.69, 9.17) is 10.5 Å². The van der Waals surface area contributed by atoms with E-state index >= 15 is 0 Å². The lowest BCUT2D eigenvalue weighted by atomic mass is 10.0. The molecule has 0 bridgehead atoms. The number of ether oxygens (including phenoxy) is 1. The molecule has 1 aromatic rings. The Morgan fingerprint density at radius 1 is 1.47 bits per heavy atom. The molecule has 0 saturated heterocycles. The molecule has 1 aromatic heterocycles. The number of nitrogens with zero attached hydrogens (tertiary/aromatic N) is 1. The first-order valence-electron chi connectivity index (χ1n) is 6.20. The predicted molar refractivity (Wildman–Crippen MR) is 71.3 cm³/mol. The molecule has 96 valence electrons. The molecule has 3 N–H and O–H groups in total. The summed E-state index contributed by atoms with van der Waals surface area (Å²) in [5, 5.41) is 3.24. The standard InChI is InChI=1S/C13H23N3O/c1-4-17-12-6-5-7-15-13(12)16-9-11(14)8-10(2)3/h5-7,10-11H,4,8-9,14H2,1-3H3,(H,15,16). The lowest BCUT2D eigenvalue weighted by molar-refractivity contribution is 0.340. The van der Waals surface area contributed by atoms with E-state index in [-0.39, 0.29) is 6.04 Å². The van der Waals surface area contributed by atoms with Gasteiger partial charge in [-0.15, -0.1) is 0 Å². The van der Waals surface area contributed by atoms with Gasteiger partial charge in [-0.3, -0.25) is 0 Å². The summed E-state index contributed by atoms with van der Waals surface area (Å²) in [5.74, 6) is 2.17. The zero-order valence-corrected chi connectivity index (χ0v) is 10.9. The van der Waals surface area contributed by atoms with E-state index < -0.39 is 0 Å². The van der Waals surface area contributed by atoms with Crippen LogP contribution in [-0.4, -0.2) is 24.2 Å². The van der Waals surface area contributed by atoms with Crippen molar-refractivity contribution in [3.05, 3.63) is 18.3 Å². The highest BCUT2D eigenvalue weighted by Gasteiger charge is 2.08. The van der Waals surface area contributed by atoms with Gasteiger partial charge in [0.1, 0.15) is 0 Å². The van der Waals surface area contributed by atoms with Gasteiger partial charge in [0.2, 0.25) is 0 Å². The second-order valence-corrected chi connectivity index (χ2v) is 4.55. The van der Waals surface area contributed by atoms with Gasteiger partial charge in [-0.25, -0.2) is 4.98 Å². The third-order valence-corrected chi connectivity index (χ3v) is 2.38. The van der Waals surface area contributed by atoms with Gasteiger partial charge in [0.05, 0.1) is 6.61 Å². The summed E-state index contributed by atoms with van der Waals surface area (Å²) in [5.41, 5.74) is 6.02. The summed E-state index contributed by atoms with van der Waals surface area (Å²) in [6.07, 6.45) is 2.75. The van der Waals surface area contributed by atoms with Crippen molar-refractivity contribution in [3.63, 3.8) is 0 Å². The van der Waals surface area contributed by atoms with Gasteiger partial charge in [0.25, 0.3) is 0 Å². The van der Waals surface area contributed by atoms with Crippen molar-refractivity contribution in [3.8, 4) is 5.75 Å². The van der Waals surface area contributed by atoms with Crippen molar-refractivity contribution in [2.75, 3.05) is 18.5 Å². The lowest BCUT2D eigenvalue weighted by Gasteiger charge is -2.16. The van der Waals surface area contributed by atoms with Crippen LogP contribution in [0.5, 0.6) is 5.75 Å². The fourth-order valence-electron chi connectivity index (χ4n) is 1.71. The molecule has 0 aromatic carbocycles. The van der Waals surface area contributed by atoms with Crippen molar-refractivity contribution < 1.29 is 4.74 Å². The van der Waals surface area contributed by atoms with Crippen LogP contribution in [0.1, 0.15) is 27.2 Å². The van der Waals surface area contributed by atoms with E-state index in [2.05, 4.69) is 24.1 Å². The van der Waals surface area contributed by atoms with Gasteiger partial charge in [0.15, 0.2) is 11.6 Å². The maximum absolute atomic E-state index is 6.02. The summed E-state index contributed by atoms with van der Waals surface area (Å²) >= 11 is 0. The van der Waals surface area contributed by atoms with Gasteiger partial charge in [0, 0.05) is 18.8 Å². The molecule has 0 amide bonds. The van der Waals surface area contributed by atoms with Crippen molar-refractivity contribution in [2.45, 2.75) is 33.2 Å². The largest absolute Gasteiger partial charge is 0.490 e. The molecule has 4 nitrogen and oxygen atoms in total. The Kier molecular flexibility index (Phi) is 5.77. The van der Waals surface area contributed by atoms with Gasteiger partial charge >= 0.3 is 0 Å². The Labute approximate surface area is 104 Å². The molecule has 0 radical (unpaired) electrons. The molecule has 4 heteroatoms. The number of hydrogen-bond donors (Lipinski definition) is 2. The molecule has 17 heavy (non-hydrogen) atoms. The molecule has 0 aliphatic carbocycles. The van der Waals surface area contributed by atoms with Gasteiger partial charge in [-0.2, -0.15) is 0 Å². The molecular weight excluding hydrogens is 214 g/mol. The summed E-state index contributed by atoms with van der Waals surface area (Å²) < 4.78 is 5.48. The number of aromatic nitrogens is 1. The first-order valence-corrected chi connectivity index (χ1v) is 6.20. The van der Waals surface area contributed by atoms with Crippen LogP contribution in [0.15, 0.2) is 18.3 Å². The molecule has 1 atom stereocenters. The highest BCUT2D eigenvalue weighted by Crippen LogP contribution is 2.20. The Morgan fingerprint density at radius 2 is 2.24 bits per heavy atom. The number of anilines is 1. The van der Waals surface area contributed by atoms with E-state index in [1.165, 1.54) is 0 Å². The summed E-state index contributed by atoms with van der Waals surface area (Å²) in [7, 11) is 0. The Bertz CT molecular complexity index is 328. The minimum atomic E-state index is 0.145. The molecular formula is C13H23N3O. The van der Waals surface area contributed by atoms with Crippen LogP contribution in [0.3, 0.4) is 0 Å². The summed E-state index contributed by atoms with van der Waals surface area (Å²) in [6, 6.07) is 3.92. The number of nitrogens with one attached hydrogen (secondary N) is 1. The molecule has 0 saturated carbocycles. The highest BCUT2D eigenvalue weighted by atomic mass is 16.5. The molecule has 1 heterocycles. The fourth-order valence-corrected chi connectivity index (χ4v) is 1.71. The Hall–Kier alpha value is -1.29. The minimum Gasteiger partial charge on any atom is -0.490 e. The second kappa shape index (κ2) is 7.12. The highest BCUT2D eigenvalue weighted by molar-refractivity contribution is 5.49. The first-order chi connectivity index (χ1) is 8.13. The SMILES string of the molecule is CCOc1cccnc1NCC(N)CC(C)C. The Balaban J connectivity index is 2.50. The van der Waals surface area contributed by atoms with Crippen LogP contribution in [0.4, 0.5) is 5.82 Å². The van der Waals surface area contributed by atoms with E-state index in [0.717, 1.165) is 24.5 Å². The van der Waals surface area contributed by atoms with E-state index in [9.17, 15) is 0 Å². The molecule has 0 aliphatic rings. The van der Waals surface area contributed by atoms with Crippen LogP contribution < -0.4 is 15.8 Å². The Morgan fingerprint density at radius 3 is 2.88 bits per heavy atom. The zero-order valence-electron chi connectivity index (χ0n) is 10.9. The number of rotatable bonds is 7. The topological polar surface area (TPSA) is 60.2 Å². The monoisotopic (exact) mass is 237 g/mol. The lowest BCUT2D eigenvalue weighted by Crippen LogP contribution is -2.30. The zero-order chi connectivity index (χ0) is 12.7. The van der Waals surface area contributed by atoms with Crippen molar-refractivity contribution in [1.29, 1.82) is 0 Å². The first kappa shape index (κ1) is 13.8. The van der Waals surface area contributed by atoms with Gasteiger partial charge < -0.3 is 15.8 Å². The van der Waals surface area contributed by atoms with E-state index in [1.54, 1.807) is 6.20 Å².